The van der Waals surface area contributed by atoms with Gasteiger partial charge in [-0.15, -0.1) is 0 Å². The highest BCUT2D eigenvalue weighted by Gasteiger charge is 2.24. The molecule has 2 heterocycles. The van der Waals surface area contributed by atoms with Gasteiger partial charge in [-0.05, 0) is 24.6 Å². The smallest absolute Gasteiger partial charge is 0.325 e. The lowest BCUT2D eigenvalue weighted by molar-refractivity contribution is 0.0744. The van der Waals surface area contributed by atoms with Crippen LogP contribution < -0.4 is 16.1 Å². The van der Waals surface area contributed by atoms with Crippen LogP contribution in [0.25, 0.3) is 0 Å². The van der Waals surface area contributed by atoms with E-state index in [1.165, 1.54) is 11.8 Å². The van der Waals surface area contributed by atoms with Gasteiger partial charge in [-0.25, -0.2) is 4.79 Å². The highest BCUT2D eigenvalue weighted by atomic mass is 16.2. The molecule has 1 aromatic carbocycles. The molecule has 0 bridgehead atoms. The van der Waals surface area contributed by atoms with Crippen LogP contribution in [0.4, 0.5) is 5.69 Å². The number of amides is 1. The van der Waals surface area contributed by atoms with Gasteiger partial charge in [0.1, 0.15) is 5.56 Å². The number of hydrogen-bond acceptors (Lipinski definition) is 4. The molecule has 1 fully saturated rings. The van der Waals surface area contributed by atoms with E-state index >= 15 is 0 Å². The normalized spacial score (nSPS) is 14.8. The molecule has 0 aliphatic carbocycles. The number of piperazine rings is 1. The first kappa shape index (κ1) is 15.1. The number of hydrogen-bond donors (Lipinski definition) is 2. The number of aryl methyl sites for hydroxylation is 1. The lowest BCUT2D eigenvalue weighted by Crippen LogP contribution is -2.50. The summed E-state index contributed by atoms with van der Waals surface area (Å²) in [5.74, 6) is -0.355. The summed E-state index contributed by atoms with van der Waals surface area (Å²) in [6.45, 7) is 4.52. The summed E-state index contributed by atoms with van der Waals surface area (Å²) in [5.41, 5.74) is 1.03. The van der Waals surface area contributed by atoms with E-state index in [0.717, 1.165) is 5.69 Å². The molecule has 23 heavy (non-hydrogen) atoms. The van der Waals surface area contributed by atoms with Gasteiger partial charge in [0, 0.05) is 38.1 Å². The molecule has 0 unspecified atom stereocenters. The van der Waals surface area contributed by atoms with Crippen molar-refractivity contribution < 1.29 is 4.79 Å². The minimum atomic E-state index is -0.653. The van der Waals surface area contributed by atoms with Crippen LogP contribution in [-0.4, -0.2) is 47.0 Å². The highest BCUT2D eigenvalue weighted by molar-refractivity contribution is 5.93. The zero-order valence-electron chi connectivity index (χ0n) is 12.8. The molecular formula is C16H18N4O3. The molecule has 2 N–H and O–H groups in total. The van der Waals surface area contributed by atoms with Crippen LogP contribution in [0.1, 0.15) is 15.9 Å². The third-order valence-corrected chi connectivity index (χ3v) is 3.98. The number of aromatic amines is 2. The van der Waals surface area contributed by atoms with E-state index < -0.39 is 11.2 Å². The number of benzene rings is 1. The van der Waals surface area contributed by atoms with E-state index in [2.05, 4.69) is 27.0 Å². The van der Waals surface area contributed by atoms with Gasteiger partial charge in [0.15, 0.2) is 0 Å². The number of carbonyl (C=O) groups excluding carboxylic acids is 1. The van der Waals surface area contributed by atoms with Crippen molar-refractivity contribution in [3.63, 3.8) is 0 Å². The Morgan fingerprint density at radius 1 is 1.13 bits per heavy atom. The van der Waals surface area contributed by atoms with E-state index in [1.807, 2.05) is 19.1 Å². The van der Waals surface area contributed by atoms with Crippen molar-refractivity contribution in [2.24, 2.45) is 0 Å². The molecule has 1 saturated heterocycles. The molecule has 0 spiro atoms. The molecule has 7 heteroatoms. The summed E-state index contributed by atoms with van der Waals surface area (Å²) in [6, 6.07) is 8.23. The van der Waals surface area contributed by atoms with Gasteiger partial charge in [0.2, 0.25) is 0 Å². The molecule has 7 nitrogen and oxygen atoms in total. The second kappa shape index (κ2) is 6.12. The van der Waals surface area contributed by atoms with E-state index in [1.54, 1.807) is 4.90 Å². The van der Waals surface area contributed by atoms with Crippen LogP contribution in [0.15, 0.2) is 40.1 Å². The van der Waals surface area contributed by atoms with Gasteiger partial charge in [-0.2, -0.15) is 0 Å². The van der Waals surface area contributed by atoms with Gasteiger partial charge >= 0.3 is 5.69 Å². The maximum absolute atomic E-state index is 12.4. The number of rotatable bonds is 2. The monoisotopic (exact) mass is 314 g/mol. The first-order valence-corrected chi connectivity index (χ1v) is 7.47. The molecule has 120 valence electrons. The van der Waals surface area contributed by atoms with Gasteiger partial charge in [0.25, 0.3) is 11.5 Å². The molecule has 0 saturated carbocycles. The van der Waals surface area contributed by atoms with Crippen LogP contribution in [0.3, 0.4) is 0 Å². The Morgan fingerprint density at radius 2 is 1.87 bits per heavy atom. The van der Waals surface area contributed by atoms with E-state index in [0.29, 0.717) is 26.2 Å². The largest absolute Gasteiger partial charge is 0.368 e. The van der Waals surface area contributed by atoms with Gasteiger partial charge < -0.3 is 14.8 Å². The summed E-state index contributed by atoms with van der Waals surface area (Å²) in [5, 5.41) is 0. The minimum absolute atomic E-state index is 0.0337. The Morgan fingerprint density at radius 3 is 2.52 bits per heavy atom. The standard InChI is InChI=1S/C16H18N4O3/c1-11-3-2-4-12(9-11)19-5-7-20(8-6-19)15(22)13-10-17-16(23)18-14(13)21/h2-4,9-10H,5-8H2,1H3,(H2,17,18,21,23). The number of carbonyl (C=O) groups is 1. The average molecular weight is 314 g/mol. The third kappa shape index (κ3) is 3.18. The van der Waals surface area contributed by atoms with Crippen molar-refractivity contribution in [3.05, 3.63) is 62.4 Å². The van der Waals surface area contributed by atoms with Crippen LogP contribution >= 0.6 is 0 Å². The van der Waals surface area contributed by atoms with Crippen LogP contribution in [0, 0.1) is 6.92 Å². The van der Waals surface area contributed by atoms with Crippen molar-refractivity contribution in [2.75, 3.05) is 31.1 Å². The fourth-order valence-electron chi connectivity index (χ4n) is 2.73. The number of anilines is 1. The zero-order valence-corrected chi connectivity index (χ0v) is 12.8. The molecule has 0 atom stereocenters. The highest BCUT2D eigenvalue weighted by Crippen LogP contribution is 2.18. The Bertz CT molecular complexity index is 831. The topological polar surface area (TPSA) is 89.3 Å². The summed E-state index contributed by atoms with van der Waals surface area (Å²) in [6.07, 6.45) is 1.18. The van der Waals surface area contributed by atoms with Crippen molar-refractivity contribution in [3.8, 4) is 0 Å². The predicted molar refractivity (Wildman–Crippen MR) is 87.0 cm³/mol. The quantitative estimate of drug-likeness (QED) is 0.836. The first-order valence-electron chi connectivity index (χ1n) is 7.47. The fourth-order valence-corrected chi connectivity index (χ4v) is 2.73. The molecular weight excluding hydrogens is 296 g/mol. The van der Waals surface area contributed by atoms with Gasteiger partial charge in [-0.3, -0.25) is 14.6 Å². The molecule has 1 aliphatic rings. The first-order chi connectivity index (χ1) is 11.0. The maximum atomic E-state index is 12.4. The molecule has 1 amide bonds. The summed E-state index contributed by atoms with van der Waals surface area (Å²) in [7, 11) is 0. The van der Waals surface area contributed by atoms with Crippen molar-refractivity contribution >= 4 is 11.6 Å². The van der Waals surface area contributed by atoms with Crippen LogP contribution in [-0.2, 0) is 0 Å². The number of aromatic nitrogens is 2. The zero-order chi connectivity index (χ0) is 16.4. The SMILES string of the molecule is Cc1cccc(N2CCN(C(=O)c3c[nH]c(=O)[nH]c3=O)CC2)c1. The van der Waals surface area contributed by atoms with Crippen LogP contribution in [0.2, 0.25) is 0 Å². The second-order valence-corrected chi connectivity index (χ2v) is 5.60. The molecule has 1 aromatic heterocycles. The minimum Gasteiger partial charge on any atom is -0.368 e. The van der Waals surface area contributed by atoms with Crippen molar-refractivity contribution in [1.82, 2.24) is 14.9 Å². The van der Waals surface area contributed by atoms with E-state index in [-0.39, 0.29) is 11.5 Å². The van der Waals surface area contributed by atoms with Gasteiger partial charge in [-0.1, -0.05) is 12.1 Å². The Hall–Kier alpha value is -2.83. The number of H-pyrrole nitrogens is 2. The van der Waals surface area contributed by atoms with E-state index in [9.17, 15) is 14.4 Å². The third-order valence-electron chi connectivity index (χ3n) is 3.98. The number of nitrogens with one attached hydrogen (secondary N) is 2. The summed E-state index contributed by atoms with van der Waals surface area (Å²) < 4.78 is 0. The Labute approximate surface area is 132 Å². The molecule has 0 radical (unpaired) electrons. The van der Waals surface area contributed by atoms with Crippen molar-refractivity contribution in [1.29, 1.82) is 0 Å². The Balaban J connectivity index is 1.70. The summed E-state index contributed by atoms with van der Waals surface area (Å²) >= 11 is 0. The lowest BCUT2D eigenvalue weighted by atomic mass is 10.2. The fraction of sp³-hybridized carbons (Fsp3) is 0.312. The van der Waals surface area contributed by atoms with E-state index in [4.69, 9.17) is 0 Å². The molecule has 2 aromatic rings. The maximum Gasteiger partial charge on any atom is 0.325 e. The number of nitrogens with zero attached hydrogens (tertiary/aromatic N) is 2. The predicted octanol–water partition coefficient (Wildman–Crippen LogP) is 0.334. The lowest BCUT2D eigenvalue weighted by Gasteiger charge is -2.36. The second-order valence-electron chi connectivity index (χ2n) is 5.60. The molecule has 3 rings (SSSR count). The van der Waals surface area contributed by atoms with Crippen LogP contribution in [0.5, 0.6) is 0 Å². The molecule has 1 aliphatic heterocycles. The Kier molecular flexibility index (Phi) is 4.01. The average Bonchev–Trinajstić information content (AvgIpc) is 2.54. The summed E-state index contributed by atoms with van der Waals surface area (Å²) in [4.78, 5) is 43.4. The van der Waals surface area contributed by atoms with Gasteiger partial charge in [0.05, 0.1) is 0 Å². The van der Waals surface area contributed by atoms with Crippen molar-refractivity contribution in [2.45, 2.75) is 6.92 Å².